The summed E-state index contributed by atoms with van der Waals surface area (Å²) in [5.74, 6) is 0.297. The van der Waals surface area contributed by atoms with Crippen LogP contribution in [-0.2, 0) is 4.43 Å². The predicted molar refractivity (Wildman–Crippen MR) is 84.8 cm³/mol. The minimum absolute atomic E-state index is 0.186. The predicted octanol–water partition coefficient (Wildman–Crippen LogP) is 4.50. The maximum absolute atomic E-state index is 10.2. The van der Waals surface area contributed by atoms with Crippen molar-refractivity contribution in [1.29, 1.82) is 0 Å². The molecule has 0 saturated carbocycles. The van der Waals surface area contributed by atoms with Gasteiger partial charge >= 0.3 is 0 Å². The molecule has 0 saturated heterocycles. The molecule has 2 nitrogen and oxygen atoms in total. The molecule has 0 amide bonds. The molecule has 0 bridgehead atoms. The summed E-state index contributed by atoms with van der Waals surface area (Å²) in [6.45, 7) is 17.4. The van der Waals surface area contributed by atoms with Crippen LogP contribution in [0.25, 0.3) is 0 Å². The van der Waals surface area contributed by atoms with Crippen molar-refractivity contribution in [3.8, 4) is 0 Å². The molecule has 1 aliphatic carbocycles. The molecule has 2 atom stereocenters. The van der Waals surface area contributed by atoms with Gasteiger partial charge < -0.3 is 9.53 Å². The van der Waals surface area contributed by atoms with Gasteiger partial charge in [-0.2, -0.15) is 0 Å². The van der Waals surface area contributed by atoms with Crippen molar-refractivity contribution in [3.05, 3.63) is 11.6 Å². The lowest BCUT2D eigenvalue weighted by molar-refractivity contribution is -0.00380. The Morgan fingerprint density at radius 3 is 2.16 bits per heavy atom. The normalized spacial score (nSPS) is 26.3. The average molecular weight is 285 g/mol. The Balaban J connectivity index is 2.84. The SMILES string of the molecule is CC1=CC[C@H](C(C)(C)O)C[C@H]1O[Si](C)(C)C(C)(C)C. The van der Waals surface area contributed by atoms with Gasteiger partial charge in [-0.25, -0.2) is 0 Å². The smallest absolute Gasteiger partial charge is 0.192 e. The van der Waals surface area contributed by atoms with Gasteiger partial charge in [0, 0.05) is 0 Å². The Morgan fingerprint density at radius 1 is 1.21 bits per heavy atom. The Kier molecular flexibility index (Phi) is 4.76. The molecule has 1 rings (SSSR count). The van der Waals surface area contributed by atoms with Gasteiger partial charge in [-0.1, -0.05) is 26.8 Å². The molecule has 0 fully saturated rings. The fourth-order valence-corrected chi connectivity index (χ4v) is 3.60. The number of aliphatic hydroxyl groups is 1. The van der Waals surface area contributed by atoms with Crippen LogP contribution in [0, 0.1) is 5.92 Å². The van der Waals surface area contributed by atoms with Crippen LogP contribution >= 0.6 is 0 Å². The van der Waals surface area contributed by atoms with Crippen LogP contribution in [0.2, 0.25) is 18.1 Å². The molecule has 112 valence electrons. The highest BCUT2D eigenvalue weighted by atomic mass is 28.4. The molecule has 19 heavy (non-hydrogen) atoms. The summed E-state index contributed by atoms with van der Waals surface area (Å²) in [5, 5.41) is 10.5. The zero-order valence-corrected chi connectivity index (χ0v) is 15.0. The third-order valence-corrected chi connectivity index (χ3v) is 9.46. The van der Waals surface area contributed by atoms with Gasteiger partial charge in [-0.3, -0.25) is 0 Å². The monoisotopic (exact) mass is 284 g/mol. The van der Waals surface area contributed by atoms with Crippen molar-refractivity contribution >= 4 is 8.32 Å². The molecule has 0 radical (unpaired) electrons. The second kappa shape index (κ2) is 5.34. The summed E-state index contributed by atoms with van der Waals surface area (Å²) in [5.41, 5.74) is 0.719. The highest BCUT2D eigenvalue weighted by Crippen LogP contribution is 2.41. The highest BCUT2D eigenvalue weighted by Gasteiger charge is 2.41. The van der Waals surface area contributed by atoms with Gasteiger partial charge in [0.05, 0.1) is 11.7 Å². The summed E-state index contributed by atoms with van der Waals surface area (Å²) in [6.07, 6.45) is 4.35. The molecular formula is C16H32O2Si. The molecule has 0 aliphatic heterocycles. The third-order valence-electron chi connectivity index (χ3n) is 4.97. The van der Waals surface area contributed by atoms with E-state index in [-0.39, 0.29) is 11.1 Å². The zero-order valence-electron chi connectivity index (χ0n) is 14.0. The van der Waals surface area contributed by atoms with E-state index in [1.54, 1.807) is 0 Å². The molecule has 0 aromatic heterocycles. The van der Waals surface area contributed by atoms with Crippen molar-refractivity contribution in [2.24, 2.45) is 5.92 Å². The van der Waals surface area contributed by atoms with E-state index in [9.17, 15) is 5.11 Å². The first-order chi connectivity index (χ1) is 8.34. The van der Waals surface area contributed by atoms with Gasteiger partial charge in [0.2, 0.25) is 0 Å². The van der Waals surface area contributed by atoms with Crippen molar-refractivity contribution in [2.75, 3.05) is 0 Å². The highest BCUT2D eigenvalue weighted by molar-refractivity contribution is 6.74. The van der Waals surface area contributed by atoms with E-state index in [0.29, 0.717) is 5.92 Å². The number of hydrogen-bond donors (Lipinski definition) is 1. The van der Waals surface area contributed by atoms with Crippen LogP contribution in [-0.4, -0.2) is 25.1 Å². The minimum atomic E-state index is -1.75. The van der Waals surface area contributed by atoms with Crippen molar-refractivity contribution in [1.82, 2.24) is 0 Å². The molecule has 0 heterocycles. The van der Waals surface area contributed by atoms with E-state index in [2.05, 4.69) is 46.9 Å². The van der Waals surface area contributed by atoms with Crippen LogP contribution in [0.5, 0.6) is 0 Å². The van der Waals surface area contributed by atoms with E-state index < -0.39 is 13.9 Å². The lowest BCUT2D eigenvalue weighted by atomic mass is 9.78. The lowest BCUT2D eigenvalue weighted by Gasteiger charge is -2.43. The zero-order chi connectivity index (χ0) is 15.1. The van der Waals surface area contributed by atoms with Crippen LogP contribution in [0.15, 0.2) is 11.6 Å². The molecule has 0 aromatic carbocycles. The fraction of sp³-hybridized carbons (Fsp3) is 0.875. The van der Waals surface area contributed by atoms with Gasteiger partial charge in [0.25, 0.3) is 0 Å². The Labute approximate surface area is 120 Å². The summed E-state index contributed by atoms with van der Waals surface area (Å²) in [4.78, 5) is 0. The first-order valence-electron chi connectivity index (χ1n) is 7.41. The number of rotatable bonds is 3. The molecule has 0 unspecified atom stereocenters. The van der Waals surface area contributed by atoms with Crippen LogP contribution < -0.4 is 0 Å². The quantitative estimate of drug-likeness (QED) is 0.610. The second-order valence-corrected chi connectivity index (χ2v) is 12.9. The van der Waals surface area contributed by atoms with Crippen LogP contribution in [0.3, 0.4) is 0 Å². The maximum atomic E-state index is 10.2. The molecule has 3 heteroatoms. The first-order valence-corrected chi connectivity index (χ1v) is 10.3. The first kappa shape index (κ1) is 16.9. The largest absolute Gasteiger partial charge is 0.410 e. The maximum Gasteiger partial charge on any atom is 0.192 e. The van der Waals surface area contributed by atoms with E-state index in [0.717, 1.165) is 12.8 Å². The van der Waals surface area contributed by atoms with E-state index in [1.165, 1.54) is 5.57 Å². The summed E-state index contributed by atoms with van der Waals surface area (Å²) >= 11 is 0. The van der Waals surface area contributed by atoms with Gasteiger partial charge in [0.15, 0.2) is 8.32 Å². The van der Waals surface area contributed by atoms with E-state index in [1.807, 2.05) is 13.8 Å². The van der Waals surface area contributed by atoms with E-state index >= 15 is 0 Å². The Bertz CT molecular complexity index is 345. The topological polar surface area (TPSA) is 29.5 Å². The number of hydrogen-bond acceptors (Lipinski definition) is 2. The van der Waals surface area contributed by atoms with E-state index in [4.69, 9.17) is 4.43 Å². The van der Waals surface area contributed by atoms with Crippen LogP contribution in [0.1, 0.15) is 54.4 Å². The Morgan fingerprint density at radius 2 is 1.74 bits per heavy atom. The fourth-order valence-electron chi connectivity index (χ4n) is 2.25. The summed E-state index contributed by atoms with van der Waals surface area (Å²) in [6, 6.07) is 0. The van der Waals surface area contributed by atoms with Crippen molar-refractivity contribution in [2.45, 2.75) is 84.2 Å². The van der Waals surface area contributed by atoms with Gasteiger partial charge in [-0.15, -0.1) is 0 Å². The molecule has 0 spiro atoms. The standard InChI is InChI=1S/C16H32O2Si/c1-12-9-10-13(16(5,6)17)11-14(12)18-19(7,8)15(2,3)4/h9,13-14,17H,10-11H2,1-8H3/t13-,14+/m0/s1. The van der Waals surface area contributed by atoms with Gasteiger partial charge in [-0.05, 0) is 63.2 Å². The van der Waals surface area contributed by atoms with Crippen molar-refractivity contribution < 1.29 is 9.53 Å². The summed E-state index contributed by atoms with van der Waals surface area (Å²) in [7, 11) is -1.75. The van der Waals surface area contributed by atoms with Crippen molar-refractivity contribution in [3.63, 3.8) is 0 Å². The molecule has 1 aliphatic rings. The lowest BCUT2D eigenvalue weighted by Crippen LogP contribution is -2.46. The molecular weight excluding hydrogens is 252 g/mol. The second-order valence-electron chi connectivity index (χ2n) is 8.14. The third kappa shape index (κ3) is 4.17. The van der Waals surface area contributed by atoms with Gasteiger partial charge in [0.1, 0.15) is 0 Å². The Hall–Kier alpha value is -0.123. The molecule has 0 aromatic rings. The molecule has 1 N–H and O–H groups in total. The number of allylic oxidation sites excluding steroid dienone is 1. The minimum Gasteiger partial charge on any atom is -0.410 e. The van der Waals surface area contributed by atoms with Crippen LogP contribution in [0.4, 0.5) is 0 Å². The summed E-state index contributed by atoms with van der Waals surface area (Å²) < 4.78 is 6.54. The average Bonchev–Trinajstić information content (AvgIpc) is 2.17.